The van der Waals surface area contributed by atoms with Crippen molar-refractivity contribution in [2.45, 2.75) is 34.6 Å². The first kappa shape index (κ1) is 15.0. The maximum Gasteiger partial charge on any atom is 0.167 e. The van der Waals surface area contributed by atoms with Crippen LogP contribution in [-0.2, 0) is 0 Å². The zero-order chi connectivity index (χ0) is 14.3. The van der Waals surface area contributed by atoms with E-state index in [1.54, 1.807) is 0 Å². The maximum absolute atomic E-state index is 5.00. The molecule has 0 radical (unpaired) electrons. The van der Waals surface area contributed by atoms with E-state index >= 15 is 0 Å². The van der Waals surface area contributed by atoms with E-state index in [1.807, 2.05) is 65.0 Å². The van der Waals surface area contributed by atoms with E-state index in [4.69, 9.17) is 9.05 Å². The van der Waals surface area contributed by atoms with Gasteiger partial charge in [0, 0.05) is 11.5 Å². The molecule has 0 aliphatic heterocycles. The zero-order valence-corrected chi connectivity index (χ0v) is 12.1. The number of benzene rings is 1. The minimum absolute atomic E-state index is 0.861. The van der Waals surface area contributed by atoms with Crippen molar-refractivity contribution in [1.29, 1.82) is 0 Å². The van der Waals surface area contributed by atoms with Gasteiger partial charge in [-0.15, -0.1) is 0 Å². The highest BCUT2D eigenvalue weighted by atomic mass is 16.5. The van der Waals surface area contributed by atoms with Crippen LogP contribution in [0, 0.1) is 20.8 Å². The van der Waals surface area contributed by atoms with Gasteiger partial charge in [0.25, 0.3) is 0 Å². The molecule has 19 heavy (non-hydrogen) atoms. The van der Waals surface area contributed by atoms with Gasteiger partial charge in [-0.25, -0.2) is 0 Å². The Hall–Kier alpha value is -2.10. The number of fused-ring (bicyclic) bond motifs is 1. The van der Waals surface area contributed by atoms with Crippen LogP contribution in [0.15, 0.2) is 39.4 Å². The lowest BCUT2D eigenvalue weighted by molar-refractivity contribution is 0.393. The number of aryl methyl sites for hydroxylation is 3. The predicted molar refractivity (Wildman–Crippen MR) is 76.1 cm³/mol. The van der Waals surface area contributed by atoms with Crippen LogP contribution >= 0.6 is 0 Å². The predicted octanol–water partition coefficient (Wildman–Crippen LogP) is 4.45. The summed E-state index contributed by atoms with van der Waals surface area (Å²) in [6.45, 7) is 9.71. The standard InChI is InChI=1S/C8H7NO.C5H7NO.C2H6/c1-6-7-4-2-3-5-8(7)10-9-6;1-4-3-5(2)7-6-4;1-2/h2-5H,1H3;3H,1-2H3;1-2H3. The summed E-state index contributed by atoms with van der Waals surface area (Å²) >= 11 is 0. The van der Waals surface area contributed by atoms with Crippen molar-refractivity contribution >= 4 is 11.0 Å². The average molecular weight is 260 g/mol. The lowest BCUT2D eigenvalue weighted by Crippen LogP contribution is -1.66. The van der Waals surface area contributed by atoms with E-state index in [9.17, 15) is 0 Å². The van der Waals surface area contributed by atoms with Crippen molar-refractivity contribution in [1.82, 2.24) is 10.3 Å². The van der Waals surface area contributed by atoms with Crippen molar-refractivity contribution in [3.63, 3.8) is 0 Å². The number of hydrogen-bond acceptors (Lipinski definition) is 4. The van der Waals surface area contributed by atoms with E-state index in [-0.39, 0.29) is 0 Å². The second kappa shape index (κ2) is 7.36. The van der Waals surface area contributed by atoms with Gasteiger partial charge in [-0.2, -0.15) is 0 Å². The molecule has 0 bridgehead atoms. The van der Waals surface area contributed by atoms with Crippen LogP contribution in [0.4, 0.5) is 0 Å². The van der Waals surface area contributed by atoms with Crippen LogP contribution in [0.3, 0.4) is 0 Å². The molecule has 102 valence electrons. The Morgan fingerprint density at radius 3 is 2.05 bits per heavy atom. The second-order valence-electron chi connectivity index (χ2n) is 3.84. The molecule has 0 N–H and O–H groups in total. The molecule has 2 aromatic heterocycles. The SMILES string of the molecule is CC.Cc1cc(C)on1.Cc1noc2ccccc12. The molecule has 4 heteroatoms. The van der Waals surface area contributed by atoms with Gasteiger partial charge in [-0.1, -0.05) is 36.3 Å². The van der Waals surface area contributed by atoms with Crippen LogP contribution in [0.1, 0.15) is 31.0 Å². The molecule has 0 saturated carbocycles. The van der Waals surface area contributed by atoms with E-state index in [1.165, 1.54) is 0 Å². The summed E-state index contributed by atoms with van der Waals surface area (Å²) in [6.07, 6.45) is 0. The molecule has 3 aromatic rings. The quantitative estimate of drug-likeness (QED) is 0.599. The van der Waals surface area contributed by atoms with Gasteiger partial charge in [-0.05, 0) is 32.9 Å². The van der Waals surface area contributed by atoms with Crippen LogP contribution in [0.5, 0.6) is 0 Å². The molecular weight excluding hydrogens is 240 g/mol. The number of rotatable bonds is 0. The molecule has 0 aliphatic rings. The first-order valence-electron chi connectivity index (χ1n) is 6.38. The second-order valence-corrected chi connectivity index (χ2v) is 3.84. The first-order chi connectivity index (χ1) is 9.16. The fourth-order valence-electron chi connectivity index (χ4n) is 1.50. The summed E-state index contributed by atoms with van der Waals surface area (Å²) in [5, 5.41) is 8.56. The highest BCUT2D eigenvalue weighted by molar-refractivity contribution is 5.78. The topological polar surface area (TPSA) is 52.1 Å². The van der Waals surface area contributed by atoms with Crippen molar-refractivity contribution in [3.05, 3.63) is 47.5 Å². The Kier molecular flexibility index (Phi) is 5.79. The Morgan fingerprint density at radius 1 is 0.895 bits per heavy atom. The summed E-state index contributed by atoms with van der Waals surface area (Å²) in [6, 6.07) is 9.72. The number of aromatic nitrogens is 2. The normalized spacial score (nSPS) is 9.32. The third kappa shape index (κ3) is 4.25. The van der Waals surface area contributed by atoms with Gasteiger partial charge in [0.2, 0.25) is 0 Å². The number of para-hydroxylation sites is 1. The third-order valence-electron chi connectivity index (χ3n) is 2.30. The van der Waals surface area contributed by atoms with E-state index in [0.717, 1.165) is 28.1 Å². The minimum Gasteiger partial charge on any atom is -0.361 e. The fraction of sp³-hybridized carbons (Fsp3) is 0.333. The average Bonchev–Trinajstić information content (AvgIpc) is 3.00. The highest BCUT2D eigenvalue weighted by Gasteiger charge is 1.99. The van der Waals surface area contributed by atoms with Crippen molar-refractivity contribution in [3.8, 4) is 0 Å². The van der Waals surface area contributed by atoms with Crippen molar-refractivity contribution < 1.29 is 9.05 Å². The molecule has 4 nitrogen and oxygen atoms in total. The smallest absolute Gasteiger partial charge is 0.167 e. The molecular formula is C15H20N2O2. The molecule has 0 aliphatic carbocycles. The van der Waals surface area contributed by atoms with Gasteiger partial charge in [-0.3, -0.25) is 0 Å². The van der Waals surface area contributed by atoms with Crippen molar-refractivity contribution in [2.24, 2.45) is 0 Å². The molecule has 0 unspecified atom stereocenters. The fourth-order valence-corrected chi connectivity index (χ4v) is 1.50. The lowest BCUT2D eigenvalue weighted by Gasteiger charge is -1.82. The van der Waals surface area contributed by atoms with Gasteiger partial charge < -0.3 is 9.05 Å². The first-order valence-corrected chi connectivity index (χ1v) is 6.38. The number of hydrogen-bond donors (Lipinski definition) is 0. The van der Waals surface area contributed by atoms with Gasteiger partial charge in [0.15, 0.2) is 5.58 Å². The highest BCUT2D eigenvalue weighted by Crippen LogP contribution is 2.15. The third-order valence-corrected chi connectivity index (χ3v) is 2.30. The number of nitrogens with zero attached hydrogens (tertiary/aromatic N) is 2. The van der Waals surface area contributed by atoms with Crippen LogP contribution in [0.25, 0.3) is 11.0 Å². The molecule has 0 atom stereocenters. The minimum atomic E-state index is 0.861. The van der Waals surface area contributed by atoms with Crippen molar-refractivity contribution in [2.75, 3.05) is 0 Å². The summed E-state index contributed by atoms with van der Waals surface area (Å²) < 4.78 is 9.71. The Balaban J connectivity index is 0.000000177. The van der Waals surface area contributed by atoms with Crippen LogP contribution < -0.4 is 0 Å². The van der Waals surface area contributed by atoms with E-state index < -0.39 is 0 Å². The summed E-state index contributed by atoms with van der Waals surface area (Å²) in [5.41, 5.74) is 2.76. The zero-order valence-electron chi connectivity index (χ0n) is 12.1. The Bertz CT molecular complexity index is 595. The van der Waals surface area contributed by atoms with Gasteiger partial charge in [0.05, 0.1) is 11.4 Å². The molecule has 1 aromatic carbocycles. The van der Waals surface area contributed by atoms with Gasteiger partial charge >= 0.3 is 0 Å². The molecule has 0 spiro atoms. The lowest BCUT2D eigenvalue weighted by atomic mass is 10.2. The van der Waals surface area contributed by atoms with Crippen LogP contribution in [-0.4, -0.2) is 10.3 Å². The van der Waals surface area contributed by atoms with E-state index in [2.05, 4.69) is 10.3 Å². The van der Waals surface area contributed by atoms with Crippen LogP contribution in [0.2, 0.25) is 0 Å². The Labute approximate surface area is 113 Å². The summed E-state index contributed by atoms with van der Waals surface area (Å²) in [5.74, 6) is 0.873. The molecule has 3 rings (SSSR count). The molecule has 0 fully saturated rings. The molecule has 0 amide bonds. The molecule has 2 heterocycles. The molecule has 0 saturated heterocycles. The monoisotopic (exact) mass is 260 g/mol. The maximum atomic E-state index is 5.00. The van der Waals surface area contributed by atoms with Gasteiger partial charge in [0.1, 0.15) is 5.76 Å². The largest absolute Gasteiger partial charge is 0.361 e. The Morgan fingerprint density at radius 2 is 1.58 bits per heavy atom. The van der Waals surface area contributed by atoms with E-state index in [0.29, 0.717) is 0 Å². The summed E-state index contributed by atoms with van der Waals surface area (Å²) in [7, 11) is 0. The summed E-state index contributed by atoms with van der Waals surface area (Å²) in [4.78, 5) is 0.